The molecule has 9 rings (SSSR count). The number of anilines is 2. The molecule has 6 aliphatic rings. The van der Waals surface area contributed by atoms with Gasteiger partial charge in [0.1, 0.15) is 79.8 Å². The van der Waals surface area contributed by atoms with Crippen molar-refractivity contribution in [1.29, 1.82) is 0 Å². The predicted octanol–water partition coefficient (Wildman–Crippen LogP) is -3.25. The highest BCUT2D eigenvalue weighted by Gasteiger charge is 2.59. The van der Waals surface area contributed by atoms with E-state index in [1.165, 1.54) is 4.31 Å². The van der Waals surface area contributed by atoms with Crippen LogP contribution in [0.2, 0.25) is 0 Å². The van der Waals surface area contributed by atoms with Crippen LogP contribution in [0.25, 0.3) is 10.8 Å². The van der Waals surface area contributed by atoms with Crippen molar-refractivity contribution in [2.75, 3.05) is 76.1 Å². The maximum Gasteiger partial charge on any atom is 0.315 e. The van der Waals surface area contributed by atoms with Crippen molar-refractivity contribution >= 4 is 55.9 Å². The summed E-state index contributed by atoms with van der Waals surface area (Å²) < 4.78 is 59.0. The first-order valence-electron chi connectivity index (χ1n) is 26.2. The molecule has 3 amide bonds. The third-order valence-corrected chi connectivity index (χ3v) is 18.9. The number of thioether (sulfide) groups is 1. The minimum Gasteiger partial charge on any atom is -0.394 e. The Labute approximate surface area is 460 Å². The second-order valence-corrected chi connectivity index (χ2v) is 24.0. The number of hydrogen-bond acceptors (Lipinski definition) is 22. The Morgan fingerprint density at radius 1 is 0.835 bits per heavy atom. The number of carbonyl (C=O) groups is 2. The van der Waals surface area contributed by atoms with Crippen LogP contribution in [0.1, 0.15) is 31.2 Å². The number of ether oxygens (including phenoxy) is 5. The van der Waals surface area contributed by atoms with E-state index in [0.717, 1.165) is 29.7 Å². The molecule has 27 heteroatoms. The Balaban J connectivity index is 0.902. The lowest BCUT2D eigenvalue weighted by Gasteiger charge is -2.47. The quantitative estimate of drug-likeness (QED) is 0.0338. The Morgan fingerprint density at radius 2 is 1.53 bits per heavy atom. The van der Waals surface area contributed by atoms with Gasteiger partial charge in [-0.25, -0.2) is 13.2 Å². The third kappa shape index (κ3) is 12.4. The second kappa shape index (κ2) is 25.0. The number of urea groups is 1. The summed E-state index contributed by atoms with van der Waals surface area (Å²) in [5.41, 5.74) is 1.82. The number of aliphatic hydroxyl groups excluding tert-OH is 10. The van der Waals surface area contributed by atoms with Crippen LogP contribution in [0.4, 0.5) is 16.2 Å². The van der Waals surface area contributed by atoms with Gasteiger partial charge in [0.2, 0.25) is 21.7 Å². The summed E-state index contributed by atoms with van der Waals surface area (Å²) in [6.45, 7) is -2.63. The van der Waals surface area contributed by atoms with E-state index < -0.39 is 121 Å². The lowest BCUT2D eigenvalue weighted by molar-refractivity contribution is -0.388. The molecule has 25 nitrogen and oxygen atoms in total. The number of fused-ring (bicyclic) bond motifs is 2. The maximum atomic E-state index is 14.4. The van der Waals surface area contributed by atoms with Crippen LogP contribution >= 0.6 is 11.8 Å². The molecule has 0 saturated carbocycles. The van der Waals surface area contributed by atoms with E-state index in [4.69, 9.17) is 23.7 Å². The summed E-state index contributed by atoms with van der Waals surface area (Å²) in [4.78, 5) is 28.5. The molecule has 0 radical (unpaired) electrons. The molecular weight excluding hydrogens is 1080 g/mol. The molecule has 6 aliphatic heterocycles. The number of aliphatic hydroxyl groups is 10. The highest BCUT2D eigenvalue weighted by molar-refractivity contribution is 8.00. The largest absolute Gasteiger partial charge is 0.394 e. The smallest absolute Gasteiger partial charge is 0.315 e. The molecule has 0 aliphatic carbocycles. The van der Waals surface area contributed by atoms with Crippen LogP contribution in [0, 0.1) is 11.8 Å². The van der Waals surface area contributed by atoms with Crippen molar-refractivity contribution < 1.29 is 92.8 Å². The van der Waals surface area contributed by atoms with Gasteiger partial charge in [0.05, 0.1) is 30.2 Å². The average molecular weight is 1150 g/mol. The average Bonchev–Trinajstić information content (AvgIpc) is 4.22. The summed E-state index contributed by atoms with van der Waals surface area (Å²) in [5, 5.41) is 118. The Bertz CT molecular complexity index is 2790. The van der Waals surface area contributed by atoms with Gasteiger partial charge in [-0.1, -0.05) is 42.5 Å². The predicted molar refractivity (Wildman–Crippen MR) is 282 cm³/mol. The number of sulfonamides is 1. The minimum atomic E-state index is -4.07. The molecule has 79 heavy (non-hydrogen) atoms. The topological polar surface area (TPSA) is 363 Å². The number of unbranched alkanes of at least 4 members (excludes halogenated alkanes) is 1. The fraction of sp³-hybridized carbons (Fsp3) is 0.615. The van der Waals surface area contributed by atoms with Crippen molar-refractivity contribution in [3.8, 4) is 11.8 Å². The van der Waals surface area contributed by atoms with E-state index >= 15 is 0 Å². The van der Waals surface area contributed by atoms with Gasteiger partial charge in [0, 0.05) is 85.4 Å². The summed E-state index contributed by atoms with van der Waals surface area (Å²) in [6, 6.07) is 16.2. The van der Waals surface area contributed by atoms with Crippen LogP contribution in [-0.2, 0) is 38.5 Å². The molecule has 18 atom stereocenters. The van der Waals surface area contributed by atoms with Gasteiger partial charge in [-0.2, -0.15) is 16.1 Å². The highest BCUT2D eigenvalue weighted by Crippen LogP contribution is 2.38. The van der Waals surface area contributed by atoms with Gasteiger partial charge in [-0.3, -0.25) is 9.69 Å². The van der Waals surface area contributed by atoms with Crippen molar-refractivity contribution in [3.05, 3.63) is 66.2 Å². The maximum absolute atomic E-state index is 14.4. The summed E-state index contributed by atoms with van der Waals surface area (Å²) in [5.74, 6) is 4.43. The molecule has 6 saturated heterocycles. The normalized spacial score (nSPS) is 35.5. The SMILES string of the molecule is CN(C)c1cccc2c(S(=O)(=O)N3CCN(C(C#Cc4ccc(NC(=O)CCCC[C@@H]5SC[C@@H]6NC(=O)N[C@@H]65)cc4)[C@H]4O[C@H](OC[C@H]5O[C@H](O[C@]6(CO)O[C@H](CO)[C@@H](O)[C@@H]6O)[C@H](O)[C@@H](O)[C@@H]5O)[C@H](O)[C@@H](O)[C@H]4O)CC3)cccc12. The molecular formula is C52H70N6O19S2. The Kier molecular flexibility index (Phi) is 18.8. The molecule has 0 aromatic heterocycles. The Hall–Kier alpha value is -4.36. The number of hydrogen-bond donors (Lipinski definition) is 13. The molecule has 3 aromatic carbocycles. The zero-order chi connectivity index (χ0) is 56.5. The van der Waals surface area contributed by atoms with Crippen LogP contribution in [-0.4, -0.2) is 255 Å². The van der Waals surface area contributed by atoms with Crippen LogP contribution in [0.5, 0.6) is 0 Å². The fourth-order valence-corrected chi connectivity index (χ4v) is 14.2. The summed E-state index contributed by atoms with van der Waals surface area (Å²) in [6.07, 6.45) is -21.0. The van der Waals surface area contributed by atoms with Crippen molar-refractivity contribution in [1.82, 2.24) is 19.8 Å². The van der Waals surface area contributed by atoms with Gasteiger partial charge < -0.3 is 95.6 Å². The molecule has 1 unspecified atom stereocenters. The van der Waals surface area contributed by atoms with E-state index in [0.29, 0.717) is 29.5 Å². The number of rotatable bonds is 18. The first-order valence-corrected chi connectivity index (χ1v) is 28.7. The van der Waals surface area contributed by atoms with E-state index in [2.05, 4.69) is 27.8 Å². The van der Waals surface area contributed by atoms with Crippen molar-refractivity contribution in [2.24, 2.45) is 0 Å². The standard InChI is InChI=1S/C52H70N6O19S2/c1-56(2)32-9-5-8-30-29(32)7-6-11-37(30)79(71,72)58-21-19-57(20-22-58)33(18-15-27-13-16-28(17-14-27)53-38(61)12-4-3-10-36-39-31(25-78-36)54-51(70)55-39)47-44(66)43(65)45(67)49(75-47)73-24-35-40(62)42(64)46(68)50(74-35)77-52(26-60)48(69)41(63)34(23-59)76-52/h5-9,11,13-14,16-17,31,33-36,39-50,59-60,62-69H,3-4,10,12,19-26H2,1-2H3,(H,53,61)(H2,54,55,70)/t31-,33?,34+,35+,36-,39-,40+,41+,42-,43-,44+,45+,46+,47+,48-,49-,50+,52-/m0/s1. The van der Waals surface area contributed by atoms with E-state index in [1.54, 1.807) is 53.4 Å². The molecule has 6 heterocycles. The van der Waals surface area contributed by atoms with Gasteiger partial charge in [0.15, 0.2) is 12.6 Å². The number of piperazine rings is 1. The summed E-state index contributed by atoms with van der Waals surface area (Å²) in [7, 11) is -0.337. The fourth-order valence-electron chi connectivity index (χ4n) is 11.0. The van der Waals surface area contributed by atoms with Crippen LogP contribution in [0.15, 0.2) is 65.6 Å². The number of carbonyl (C=O) groups excluding carboxylic acids is 2. The minimum absolute atomic E-state index is 0.0314. The van der Waals surface area contributed by atoms with Gasteiger partial charge in [-0.05, 0) is 49.2 Å². The number of amides is 3. The van der Waals surface area contributed by atoms with Gasteiger partial charge in [0.25, 0.3) is 0 Å². The number of nitrogens with one attached hydrogen (secondary N) is 3. The van der Waals surface area contributed by atoms with Crippen molar-refractivity contribution in [3.63, 3.8) is 0 Å². The zero-order valence-electron chi connectivity index (χ0n) is 43.4. The molecule has 0 bridgehead atoms. The van der Waals surface area contributed by atoms with Gasteiger partial charge in [-0.15, -0.1) is 0 Å². The highest BCUT2D eigenvalue weighted by atomic mass is 32.2. The Morgan fingerprint density at radius 3 is 2.23 bits per heavy atom. The monoisotopic (exact) mass is 1150 g/mol. The van der Waals surface area contributed by atoms with E-state index in [1.807, 2.05) is 42.9 Å². The second-order valence-electron chi connectivity index (χ2n) is 20.8. The number of nitrogens with zero attached hydrogens (tertiary/aromatic N) is 3. The first kappa shape index (κ1) is 59.3. The first-order chi connectivity index (χ1) is 37.7. The molecule has 3 aromatic rings. The molecule has 0 spiro atoms. The lowest BCUT2D eigenvalue weighted by Crippen LogP contribution is -2.66. The van der Waals surface area contributed by atoms with Crippen molar-refractivity contribution in [2.45, 2.75) is 139 Å². The van der Waals surface area contributed by atoms with Crippen LogP contribution < -0.4 is 20.9 Å². The summed E-state index contributed by atoms with van der Waals surface area (Å²) >= 11 is 1.82. The molecule has 6 fully saturated rings. The van der Waals surface area contributed by atoms with Crippen LogP contribution in [0.3, 0.4) is 0 Å². The van der Waals surface area contributed by atoms with E-state index in [-0.39, 0.29) is 60.3 Å². The molecule has 434 valence electrons. The zero-order valence-corrected chi connectivity index (χ0v) is 45.0. The number of benzene rings is 3. The lowest BCUT2D eigenvalue weighted by atomic mass is 9.92. The third-order valence-electron chi connectivity index (χ3n) is 15.5. The van der Waals surface area contributed by atoms with E-state index in [9.17, 15) is 69.1 Å². The molecule has 13 N–H and O–H groups in total. The van der Waals surface area contributed by atoms with Gasteiger partial charge >= 0.3 is 6.03 Å².